The smallest absolute Gasteiger partial charge is 0.128 e. The van der Waals surface area contributed by atoms with Gasteiger partial charge < -0.3 is 5.73 Å². The monoisotopic (exact) mass is 251 g/mol. The molecule has 3 rings (SSSR count). The van der Waals surface area contributed by atoms with E-state index >= 15 is 0 Å². The van der Waals surface area contributed by atoms with Crippen LogP contribution in [0.5, 0.6) is 0 Å². The maximum Gasteiger partial charge on any atom is 0.128 e. The van der Waals surface area contributed by atoms with E-state index in [4.69, 9.17) is 5.73 Å². The van der Waals surface area contributed by atoms with E-state index in [1.165, 1.54) is 5.39 Å². The van der Waals surface area contributed by atoms with Gasteiger partial charge in [0.15, 0.2) is 0 Å². The highest BCUT2D eigenvalue weighted by Crippen LogP contribution is 2.25. The molecule has 0 aliphatic heterocycles. The molecule has 0 atom stereocenters. The molecule has 0 fully saturated rings. The standard InChI is InChI=1S/C17H14FN/c18-17-10-15(7-8-16(17)11-19)14-6-5-12-3-1-2-4-13(12)9-14/h1-10H,11,19H2. The number of halogens is 1. The zero-order valence-electron chi connectivity index (χ0n) is 10.4. The predicted molar refractivity (Wildman–Crippen MR) is 77.2 cm³/mol. The fourth-order valence-corrected chi connectivity index (χ4v) is 2.26. The van der Waals surface area contributed by atoms with Gasteiger partial charge in [-0.05, 0) is 34.0 Å². The Bertz CT molecular complexity index is 734. The minimum Gasteiger partial charge on any atom is -0.326 e. The average molecular weight is 251 g/mol. The molecule has 0 aliphatic carbocycles. The minimum absolute atomic E-state index is 0.226. The number of nitrogens with two attached hydrogens (primary N) is 1. The van der Waals surface area contributed by atoms with E-state index in [2.05, 4.69) is 24.3 Å². The Morgan fingerprint density at radius 3 is 2.21 bits per heavy atom. The van der Waals surface area contributed by atoms with Crippen LogP contribution in [0.25, 0.3) is 21.9 Å². The minimum atomic E-state index is -0.242. The zero-order chi connectivity index (χ0) is 13.2. The predicted octanol–water partition coefficient (Wildman–Crippen LogP) is 4.10. The Balaban J connectivity index is 2.11. The van der Waals surface area contributed by atoms with Crippen LogP contribution in [-0.2, 0) is 6.54 Å². The Morgan fingerprint density at radius 1 is 0.789 bits per heavy atom. The first kappa shape index (κ1) is 11.9. The summed E-state index contributed by atoms with van der Waals surface area (Å²) in [6.45, 7) is 0.226. The molecule has 94 valence electrons. The van der Waals surface area contributed by atoms with Crippen LogP contribution in [0.3, 0.4) is 0 Å². The summed E-state index contributed by atoms with van der Waals surface area (Å²) in [6.07, 6.45) is 0. The quantitative estimate of drug-likeness (QED) is 0.729. The molecule has 0 spiro atoms. The lowest BCUT2D eigenvalue weighted by molar-refractivity contribution is 0.611. The molecule has 3 aromatic carbocycles. The summed E-state index contributed by atoms with van der Waals surface area (Å²) < 4.78 is 13.8. The highest BCUT2D eigenvalue weighted by molar-refractivity contribution is 5.87. The lowest BCUT2D eigenvalue weighted by Gasteiger charge is -2.06. The van der Waals surface area contributed by atoms with Crippen molar-refractivity contribution >= 4 is 10.8 Å². The van der Waals surface area contributed by atoms with Crippen molar-refractivity contribution in [3.05, 3.63) is 72.0 Å². The number of rotatable bonds is 2. The number of benzene rings is 3. The molecule has 0 heterocycles. The van der Waals surface area contributed by atoms with Crippen molar-refractivity contribution in [2.24, 2.45) is 5.73 Å². The molecule has 0 saturated heterocycles. The summed E-state index contributed by atoms with van der Waals surface area (Å²) in [5.41, 5.74) is 7.91. The number of hydrogen-bond donors (Lipinski definition) is 1. The van der Waals surface area contributed by atoms with E-state index in [0.29, 0.717) is 5.56 Å². The van der Waals surface area contributed by atoms with Crippen molar-refractivity contribution < 1.29 is 4.39 Å². The van der Waals surface area contributed by atoms with Crippen LogP contribution < -0.4 is 5.73 Å². The maximum atomic E-state index is 13.8. The van der Waals surface area contributed by atoms with Crippen LogP contribution in [0.2, 0.25) is 0 Å². The molecule has 0 saturated carbocycles. The van der Waals surface area contributed by atoms with Gasteiger partial charge in [0, 0.05) is 12.1 Å². The maximum absolute atomic E-state index is 13.8. The molecule has 2 heteroatoms. The second-order valence-corrected chi connectivity index (χ2v) is 4.57. The fourth-order valence-electron chi connectivity index (χ4n) is 2.26. The van der Waals surface area contributed by atoms with Gasteiger partial charge in [-0.1, -0.05) is 48.5 Å². The molecular weight excluding hydrogens is 237 g/mol. The lowest BCUT2D eigenvalue weighted by atomic mass is 10.00. The van der Waals surface area contributed by atoms with E-state index in [1.807, 2.05) is 24.3 Å². The molecule has 19 heavy (non-hydrogen) atoms. The van der Waals surface area contributed by atoms with Crippen molar-refractivity contribution in [1.82, 2.24) is 0 Å². The summed E-state index contributed by atoms with van der Waals surface area (Å²) in [4.78, 5) is 0. The van der Waals surface area contributed by atoms with Crippen molar-refractivity contribution in [3.63, 3.8) is 0 Å². The van der Waals surface area contributed by atoms with Gasteiger partial charge in [-0.3, -0.25) is 0 Å². The van der Waals surface area contributed by atoms with Gasteiger partial charge in [0.05, 0.1) is 0 Å². The Hall–Kier alpha value is -2.19. The summed E-state index contributed by atoms with van der Waals surface area (Å²) >= 11 is 0. The van der Waals surface area contributed by atoms with E-state index in [9.17, 15) is 4.39 Å². The van der Waals surface area contributed by atoms with Gasteiger partial charge in [0.1, 0.15) is 5.82 Å². The van der Waals surface area contributed by atoms with E-state index < -0.39 is 0 Å². The third-order valence-corrected chi connectivity index (χ3v) is 3.36. The van der Waals surface area contributed by atoms with Crippen LogP contribution in [0.4, 0.5) is 4.39 Å². The SMILES string of the molecule is NCc1ccc(-c2ccc3ccccc3c2)cc1F. The largest absolute Gasteiger partial charge is 0.326 e. The third-order valence-electron chi connectivity index (χ3n) is 3.36. The normalized spacial score (nSPS) is 10.8. The molecule has 2 N–H and O–H groups in total. The average Bonchev–Trinajstić information content (AvgIpc) is 2.46. The molecule has 0 unspecified atom stereocenters. The number of hydrogen-bond acceptors (Lipinski definition) is 1. The fraction of sp³-hybridized carbons (Fsp3) is 0.0588. The topological polar surface area (TPSA) is 26.0 Å². The molecule has 0 radical (unpaired) electrons. The van der Waals surface area contributed by atoms with Gasteiger partial charge in [0.25, 0.3) is 0 Å². The van der Waals surface area contributed by atoms with Crippen LogP contribution in [0, 0.1) is 5.82 Å². The molecule has 0 bridgehead atoms. The Morgan fingerprint density at radius 2 is 1.47 bits per heavy atom. The first-order chi connectivity index (χ1) is 9.28. The highest BCUT2D eigenvalue weighted by Gasteiger charge is 2.04. The first-order valence-corrected chi connectivity index (χ1v) is 6.25. The van der Waals surface area contributed by atoms with Crippen LogP contribution in [0.1, 0.15) is 5.56 Å². The van der Waals surface area contributed by atoms with Crippen molar-refractivity contribution in [3.8, 4) is 11.1 Å². The van der Waals surface area contributed by atoms with Crippen molar-refractivity contribution in [1.29, 1.82) is 0 Å². The molecule has 0 aliphatic rings. The summed E-state index contributed by atoms with van der Waals surface area (Å²) in [5, 5.41) is 2.34. The lowest BCUT2D eigenvalue weighted by Crippen LogP contribution is -1.99. The summed E-state index contributed by atoms with van der Waals surface area (Å²) in [7, 11) is 0. The van der Waals surface area contributed by atoms with E-state index in [0.717, 1.165) is 16.5 Å². The van der Waals surface area contributed by atoms with Gasteiger partial charge in [-0.15, -0.1) is 0 Å². The van der Waals surface area contributed by atoms with Gasteiger partial charge in [-0.2, -0.15) is 0 Å². The summed E-state index contributed by atoms with van der Waals surface area (Å²) in [5.74, 6) is -0.242. The van der Waals surface area contributed by atoms with Crippen molar-refractivity contribution in [2.75, 3.05) is 0 Å². The van der Waals surface area contributed by atoms with Gasteiger partial charge >= 0.3 is 0 Å². The molecule has 0 amide bonds. The van der Waals surface area contributed by atoms with E-state index in [1.54, 1.807) is 12.1 Å². The molecule has 3 aromatic rings. The highest BCUT2D eigenvalue weighted by atomic mass is 19.1. The van der Waals surface area contributed by atoms with Gasteiger partial charge in [-0.25, -0.2) is 4.39 Å². The third kappa shape index (κ3) is 2.23. The summed E-state index contributed by atoms with van der Waals surface area (Å²) in [6, 6.07) is 19.5. The van der Waals surface area contributed by atoms with Crippen LogP contribution in [0.15, 0.2) is 60.7 Å². The van der Waals surface area contributed by atoms with Gasteiger partial charge in [0.2, 0.25) is 0 Å². The van der Waals surface area contributed by atoms with Crippen LogP contribution >= 0.6 is 0 Å². The van der Waals surface area contributed by atoms with E-state index in [-0.39, 0.29) is 12.4 Å². The molecule has 1 nitrogen and oxygen atoms in total. The molecule has 0 aromatic heterocycles. The first-order valence-electron chi connectivity index (χ1n) is 6.25. The number of fused-ring (bicyclic) bond motifs is 1. The second kappa shape index (κ2) is 4.82. The van der Waals surface area contributed by atoms with Crippen molar-refractivity contribution in [2.45, 2.75) is 6.54 Å². The van der Waals surface area contributed by atoms with Crippen LogP contribution in [-0.4, -0.2) is 0 Å². The Kier molecular flexibility index (Phi) is 3.02. The zero-order valence-corrected chi connectivity index (χ0v) is 10.4. The second-order valence-electron chi connectivity index (χ2n) is 4.57. The Labute approximate surface area is 111 Å². The molecular formula is C17H14FN.